The summed E-state index contributed by atoms with van der Waals surface area (Å²) in [5.41, 5.74) is 0. The van der Waals surface area contributed by atoms with Gasteiger partial charge in [-0.15, -0.1) is 0 Å². The number of esters is 3. The van der Waals surface area contributed by atoms with E-state index in [4.69, 9.17) is 4.42 Å². The summed E-state index contributed by atoms with van der Waals surface area (Å²) in [6.45, 7) is 0. The van der Waals surface area contributed by atoms with Crippen LogP contribution in [0.2, 0.25) is 0 Å². The SMILES string of the molecule is COC(=O)c1ccc(C2CC(=O)OC(=O)C2)o1. The Morgan fingerprint density at radius 1 is 1.29 bits per heavy atom. The second kappa shape index (κ2) is 4.40. The maximum atomic E-state index is 11.2. The Bertz CT molecular complexity index is 456. The van der Waals surface area contributed by atoms with Gasteiger partial charge in [0.2, 0.25) is 5.76 Å². The molecule has 1 aromatic heterocycles. The third-order valence-corrected chi connectivity index (χ3v) is 2.47. The van der Waals surface area contributed by atoms with Crippen LogP contribution in [0, 0.1) is 0 Å². The summed E-state index contributed by atoms with van der Waals surface area (Å²) >= 11 is 0. The van der Waals surface area contributed by atoms with E-state index in [1.165, 1.54) is 13.2 Å². The van der Waals surface area contributed by atoms with E-state index < -0.39 is 17.9 Å². The Kier molecular flexibility index (Phi) is 2.95. The maximum absolute atomic E-state index is 11.2. The number of methoxy groups -OCH3 is 1. The van der Waals surface area contributed by atoms with Gasteiger partial charge in [0.05, 0.1) is 20.0 Å². The number of cyclic esters (lactones) is 2. The van der Waals surface area contributed by atoms with Crippen molar-refractivity contribution in [2.24, 2.45) is 0 Å². The standard InChI is InChI=1S/C11H10O6/c1-15-11(14)8-3-2-7(16-8)6-4-9(12)17-10(13)5-6/h2-3,6H,4-5H2,1H3. The summed E-state index contributed by atoms with van der Waals surface area (Å²) in [5, 5.41) is 0. The van der Waals surface area contributed by atoms with E-state index in [0.717, 1.165) is 0 Å². The van der Waals surface area contributed by atoms with Crippen LogP contribution in [0.15, 0.2) is 16.5 Å². The summed E-state index contributed by atoms with van der Waals surface area (Å²) < 4.78 is 14.1. The molecule has 6 nitrogen and oxygen atoms in total. The predicted molar refractivity (Wildman–Crippen MR) is 53.1 cm³/mol. The first-order valence-electron chi connectivity index (χ1n) is 5.01. The molecule has 0 unspecified atom stereocenters. The van der Waals surface area contributed by atoms with E-state index >= 15 is 0 Å². The molecular weight excluding hydrogens is 228 g/mol. The molecule has 2 heterocycles. The molecule has 1 aromatic rings. The number of carbonyl (C=O) groups is 3. The van der Waals surface area contributed by atoms with Crippen molar-refractivity contribution < 1.29 is 28.3 Å². The van der Waals surface area contributed by atoms with Gasteiger partial charge in [0, 0.05) is 5.92 Å². The number of hydrogen-bond donors (Lipinski definition) is 0. The molecular formula is C11H10O6. The van der Waals surface area contributed by atoms with Crippen LogP contribution in [0.5, 0.6) is 0 Å². The summed E-state index contributed by atoms with van der Waals surface area (Å²) in [7, 11) is 1.24. The van der Waals surface area contributed by atoms with Crippen molar-refractivity contribution >= 4 is 17.9 Å². The lowest BCUT2D eigenvalue weighted by atomic mass is 9.97. The zero-order chi connectivity index (χ0) is 12.4. The maximum Gasteiger partial charge on any atom is 0.373 e. The van der Waals surface area contributed by atoms with Gasteiger partial charge in [-0.3, -0.25) is 9.59 Å². The van der Waals surface area contributed by atoms with Crippen molar-refractivity contribution in [3.05, 3.63) is 23.7 Å². The highest BCUT2D eigenvalue weighted by Gasteiger charge is 2.30. The van der Waals surface area contributed by atoms with Gasteiger partial charge in [0.25, 0.3) is 0 Å². The van der Waals surface area contributed by atoms with E-state index in [0.29, 0.717) is 5.76 Å². The second-order valence-electron chi connectivity index (χ2n) is 3.64. The summed E-state index contributed by atoms with van der Waals surface area (Å²) in [6, 6.07) is 3.01. The highest BCUT2D eigenvalue weighted by atomic mass is 16.6. The molecule has 1 aliphatic heterocycles. The molecule has 6 heteroatoms. The molecule has 1 aliphatic rings. The minimum atomic E-state index is -0.596. The molecule has 90 valence electrons. The van der Waals surface area contributed by atoms with Crippen LogP contribution in [-0.2, 0) is 19.1 Å². The third-order valence-electron chi connectivity index (χ3n) is 2.47. The fraction of sp³-hybridized carbons (Fsp3) is 0.364. The highest BCUT2D eigenvalue weighted by Crippen LogP contribution is 2.29. The van der Waals surface area contributed by atoms with Crippen molar-refractivity contribution in [2.75, 3.05) is 7.11 Å². The molecule has 0 atom stereocenters. The lowest BCUT2D eigenvalue weighted by Gasteiger charge is -2.17. The first-order chi connectivity index (χ1) is 8.10. The Morgan fingerprint density at radius 3 is 2.53 bits per heavy atom. The number of hydrogen-bond acceptors (Lipinski definition) is 6. The Morgan fingerprint density at radius 2 is 1.94 bits per heavy atom. The van der Waals surface area contributed by atoms with Gasteiger partial charge in [0.15, 0.2) is 0 Å². The van der Waals surface area contributed by atoms with Crippen LogP contribution in [0.1, 0.15) is 35.1 Å². The van der Waals surface area contributed by atoms with E-state index in [-0.39, 0.29) is 24.5 Å². The molecule has 17 heavy (non-hydrogen) atoms. The molecule has 1 saturated heterocycles. The summed E-state index contributed by atoms with van der Waals surface area (Å²) in [4.78, 5) is 33.3. The lowest BCUT2D eigenvalue weighted by molar-refractivity contribution is -0.164. The van der Waals surface area contributed by atoms with Crippen LogP contribution in [-0.4, -0.2) is 25.0 Å². The minimum absolute atomic E-state index is 0.0499. The van der Waals surface area contributed by atoms with E-state index in [9.17, 15) is 14.4 Å². The summed E-state index contributed by atoms with van der Waals surface area (Å²) in [5.74, 6) is -1.67. The van der Waals surface area contributed by atoms with E-state index in [1.54, 1.807) is 6.07 Å². The van der Waals surface area contributed by atoms with Crippen LogP contribution >= 0.6 is 0 Å². The fourth-order valence-corrected chi connectivity index (χ4v) is 1.67. The zero-order valence-electron chi connectivity index (χ0n) is 9.10. The van der Waals surface area contributed by atoms with Crippen LogP contribution in [0.3, 0.4) is 0 Å². The largest absolute Gasteiger partial charge is 0.463 e. The van der Waals surface area contributed by atoms with Crippen molar-refractivity contribution in [1.29, 1.82) is 0 Å². The molecule has 1 fully saturated rings. The summed E-state index contributed by atoms with van der Waals surface area (Å²) in [6.07, 6.45) is 0.139. The third kappa shape index (κ3) is 2.35. The molecule has 0 bridgehead atoms. The van der Waals surface area contributed by atoms with Crippen LogP contribution in [0.4, 0.5) is 0 Å². The molecule has 0 spiro atoms. The topological polar surface area (TPSA) is 82.8 Å². The van der Waals surface area contributed by atoms with Crippen molar-refractivity contribution in [3.8, 4) is 0 Å². The van der Waals surface area contributed by atoms with Crippen molar-refractivity contribution in [1.82, 2.24) is 0 Å². The van der Waals surface area contributed by atoms with E-state index in [1.807, 2.05) is 0 Å². The average Bonchev–Trinajstić information content (AvgIpc) is 2.76. The first kappa shape index (κ1) is 11.4. The average molecular weight is 238 g/mol. The predicted octanol–water partition coefficient (Wildman–Crippen LogP) is 1.01. The van der Waals surface area contributed by atoms with E-state index in [2.05, 4.69) is 9.47 Å². The zero-order valence-corrected chi connectivity index (χ0v) is 9.10. The monoisotopic (exact) mass is 238 g/mol. The van der Waals surface area contributed by atoms with Gasteiger partial charge in [0.1, 0.15) is 5.76 Å². The minimum Gasteiger partial charge on any atom is -0.463 e. The Hall–Kier alpha value is -2.11. The normalized spacial score (nSPS) is 16.8. The fourth-order valence-electron chi connectivity index (χ4n) is 1.67. The molecule has 0 saturated carbocycles. The quantitative estimate of drug-likeness (QED) is 0.565. The van der Waals surface area contributed by atoms with Gasteiger partial charge in [-0.2, -0.15) is 0 Å². The number of furan rings is 1. The number of rotatable bonds is 2. The molecule has 0 aliphatic carbocycles. The molecule has 2 rings (SSSR count). The molecule has 0 N–H and O–H groups in total. The van der Waals surface area contributed by atoms with Crippen molar-refractivity contribution in [2.45, 2.75) is 18.8 Å². The Balaban J connectivity index is 2.17. The van der Waals surface area contributed by atoms with Gasteiger partial charge >= 0.3 is 17.9 Å². The Labute approximate surface area is 96.5 Å². The van der Waals surface area contributed by atoms with Crippen LogP contribution < -0.4 is 0 Å². The molecule has 0 radical (unpaired) electrons. The molecule has 0 aromatic carbocycles. The van der Waals surface area contributed by atoms with Crippen molar-refractivity contribution in [3.63, 3.8) is 0 Å². The van der Waals surface area contributed by atoms with Gasteiger partial charge in [-0.1, -0.05) is 0 Å². The smallest absolute Gasteiger partial charge is 0.373 e. The van der Waals surface area contributed by atoms with Gasteiger partial charge < -0.3 is 13.9 Å². The number of ether oxygens (including phenoxy) is 2. The van der Waals surface area contributed by atoms with Gasteiger partial charge in [-0.25, -0.2) is 4.79 Å². The second-order valence-corrected chi connectivity index (χ2v) is 3.64. The molecule has 0 amide bonds. The number of carbonyl (C=O) groups excluding carboxylic acids is 3. The van der Waals surface area contributed by atoms with Gasteiger partial charge in [-0.05, 0) is 12.1 Å². The lowest BCUT2D eigenvalue weighted by Crippen LogP contribution is -2.23. The van der Waals surface area contributed by atoms with Crippen LogP contribution in [0.25, 0.3) is 0 Å². The highest BCUT2D eigenvalue weighted by molar-refractivity contribution is 5.89. The first-order valence-corrected chi connectivity index (χ1v) is 5.01.